The van der Waals surface area contributed by atoms with Crippen LogP contribution in [0.3, 0.4) is 0 Å². The van der Waals surface area contributed by atoms with Gasteiger partial charge in [0.05, 0.1) is 46.7 Å². The second kappa shape index (κ2) is 44.0. The van der Waals surface area contributed by atoms with Crippen molar-refractivity contribution >= 4 is 123 Å². The van der Waals surface area contributed by atoms with Gasteiger partial charge in [0.15, 0.2) is 69.8 Å². The van der Waals surface area contributed by atoms with Crippen molar-refractivity contribution in [1.82, 2.24) is 0 Å². The molecule has 0 aliphatic carbocycles. The molecule has 20 aromatic rings. The molecule has 8 nitrogen and oxygen atoms in total. The molecule has 144 heavy (non-hydrogen) atoms. The molecule has 4 N–H and O–H groups in total. The predicted molar refractivity (Wildman–Crippen MR) is 565 cm³/mol. The third-order valence-electron chi connectivity index (χ3n) is 25.4. The third kappa shape index (κ3) is 20.3. The average molecular weight is 2360 g/mol. The zero-order valence-electron chi connectivity index (χ0n) is 79.0. The van der Waals surface area contributed by atoms with E-state index in [-0.39, 0.29) is 76.2 Å². The summed E-state index contributed by atoms with van der Waals surface area (Å²) in [6.45, 7) is 13.1. The number of hydrogen-bond acceptors (Lipinski definition) is 8. The number of benzene rings is 20. The van der Waals surface area contributed by atoms with E-state index in [0.29, 0.717) is 104 Å². The first-order valence-electron chi connectivity index (χ1n) is 45.0. The van der Waals surface area contributed by atoms with Crippen molar-refractivity contribution < 1.29 is 132 Å². The number of ether oxygens (including phenoxy) is 4. The van der Waals surface area contributed by atoms with Crippen molar-refractivity contribution in [1.29, 1.82) is 0 Å². The fourth-order valence-corrected chi connectivity index (χ4v) is 19.5. The fourth-order valence-electron chi connectivity index (χ4n) is 19.5. The van der Waals surface area contributed by atoms with E-state index >= 15 is 52.7 Å². The standard InChI is InChI=1S/2C59H42F6O4.2CH3.I3.Zr/c2*1-30-21-42(50-38-17-9-5-13-34(38)26-35-14-6-10-18-39(35)50)58(66)44(23-30)52-48(28-46(60)54(62)56(52)64)68-32(3)25-33(4)69-49-29-47(61)55(63)57(65)53(49)45-24-31(2)22-43(59(45)67)51-40-19-11-7-15-36(40)27-37-16-8-12-20-41(37)51;;;1-3-2;/h2*5-24,26-29,32-33,66-67H,25H2,1-4H3;2*1H3;;/q;;3*-1;+2/t2*32-,33+;;;;. The van der Waals surface area contributed by atoms with E-state index in [0.717, 1.165) is 86.2 Å². The first-order chi connectivity index (χ1) is 67.8. The summed E-state index contributed by atoms with van der Waals surface area (Å²) in [7, 11) is 0. The van der Waals surface area contributed by atoms with Gasteiger partial charge in [0, 0.05) is 104 Å². The van der Waals surface area contributed by atoms with Gasteiger partial charge in [0.1, 0.15) is 46.0 Å². The molecule has 20 rings (SSSR count). The summed E-state index contributed by atoms with van der Waals surface area (Å²) in [6, 6.07) is 84.5. The van der Waals surface area contributed by atoms with Crippen molar-refractivity contribution in [2.24, 2.45) is 0 Å². The Balaban J connectivity index is 0.000000207. The number of phenols is 4. The minimum Gasteiger partial charge on any atom is -0.358 e. The number of rotatable bonds is 20. The Kier molecular flexibility index (Phi) is 32.2. The molecule has 0 saturated heterocycles. The van der Waals surface area contributed by atoms with Crippen molar-refractivity contribution in [2.75, 3.05) is 0 Å². The van der Waals surface area contributed by atoms with Gasteiger partial charge in [-0.3, -0.25) is 0 Å². The van der Waals surface area contributed by atoms with Crippen LogP contribution >= 0.6 is 37.2 Å². The fraction of sp³-hybridized carbons (Fsp3) is 0.117. The summed E-state index contributed by atoms with van der Waals surface area (Å²) in [5, 5.41) is 62.0. The van der Waals surface area contributed by atoms with Gasteiger partial charge < -0.3 is 54.2 Å². The van der Waals surface area contributed by atoms with Crippen LogP contribution in [0, 0.1) is 112 Å². The zero-order valence-corrected chi connectivity index (χ0v) is 88.0. The van der Waals surface area contributed by atoms with Crippen LogP contribution in [0.4, 0.5) is 52.7 Å². The number of hydrogen-bond donors (Lipinski definition) is 4. The average Bonchev–Trinajstić information content (AvgIpc) is 0.749. The molecule has 728 valence electrons. The second-order valence-electron chi connectivity index (χ2n) is 35.3. The zero-order chi connectivity index (χ0) is 99.5. The van der Waals surface area contributed by atoms with Crippen LogP contribution in [0.1, 0.15) is 62.8 Å². The molecule has 0 radical (unpaired) electrons. The molecule has 24 heteroatoms. The quantitative estimate of drug-likeness (QED) is 0.0196. The monoisotopic (exact) mass is 2360 g/mol. The van der Waals surface area contributed by atoms with Crippen molar-refractivity contribution in [3.05, 3.63) is 398 Å². The predicted octanol–water partition coefficient (Wildman–Crippen LogP) is 32.6. The minimum absolute atomic E-state index is 0. The molecule has 0 spiro atoms. The summed E-state index contributed by atoms with van der Waals surface area (Å²) < 4.78 is 212. The van der Waals surface area contributed by atoms with E-state index in [1.807, 2.05) is 218 Å². The Bertz CT molecular complexity index is 7270. The molecule has 0 heterocycles. The topological polar surface area (TPSA) is 118 Å². The molecule has 20 aromatic carbocycles. The Morgan fingerprint density at radius 2 is 0.368 bits per heavy atom. The van der Waals surface area contributed by atoms with Gasteiger partial charge in [-0.1, -0.05) is 194 Å². The maximum atomic E-state index is 16.3. The van der Waals surface area contributed by atoms with Gasteiger partial charge in [-0.25, -0.2) is 52.7 Å². The molecule has 0 unspecified atom stereocenters. The van der Waals surface area contributed by atoms with Gasteiger partial charge in [-0.05, 0) is 237 Å². The van der Waals surface area contributed by atoms with Gasteiger partial charge in [0.2, 0.25) is 0 Å². The molecule has 0 amide bonds. The van der Waals surface area contributed by atoms with Crippen LogP contribution in [0.2, 0.25) is 0 Å². The molecule has 0 aliphatic rings. The Morgan fingerprint density at radius 3 is 0.521 bits per heavy atom. The summed E-state index contributed by atoms with van der Waals surface area (Å²) in [5.74, 6) is -22.9. The van der Waals surface area contributed by atoms with Crippen LogP contribution < -0.4 is 32.2 Å². The summed E-state index contributed by atoms with van der Waals surface area (Å²) in [6.07, 6.45) is -4.11. The molecular weight excluding hydrogens is 2270 g/mol. The van der Waals surface area contributed by atoms with Crippen molar-refractivity contribution in [2.45, 2.75) is 92.6 Å². The molecular formula is C120H90F12I3O8Zr-. The van der Waals surface area contributed by atoms with E-state index in [4.69, 9.17) is 18.9 Å². The number of phenolic OH excluding ortho intramolecular Hbond substituents is 4. The number of fused-ring (bicyclic) bond motifs is 8. The van der Waals surface area contributed by atoms with Crippen LogP contribution in [0.25, 0.3) is 175 Å². The van der Waals surface area contributed by atoms with E-state index in [1.54, 1.807) is 79.7 Å². The van der Waals surface area contributed by atoms with E-state index in [9.17, 15) is 20.4 Å². The first kappa shape index (κ1) is 105. The summed E-state index contributed by atoms with van der Waals surface area (Å²) in [4.78, 5) is 0. The third-order valence-corrected chi connectivity index (χ3v) is 25.4. The molecule has 0 aromatic heterocycles. The van der Waals surface area contributed by atoms with Crippen LogP contribution in [0.15, 0.2) is 291 Å². The molecule has 0 aliphatic heterocycles. The van der Waals surface area contributed by atoms with Crippen LogP contribution in [-0.4, -0.2) is 44.8 Å². The molecule has 0 saturated carbocycles. The van der Waals surface area contributed by atoms with E-state index < -0.39 is 162 Å². The van der Waals surface area contributed by atoms with E-state index in [1.165, 1.54) is 24.3 Å². The Hall–Kier alpha value is -12.9. The first-order valence-corrected chi connectivity index (χ1v) is 57.6. The van der Waals surface area contributed by atoms with E-state index in [2.05, 4.69) is 37.2 Å². The minimum atomic E-state index is -1.77. The number of aromatic hydroxyl groups is 4. The SMILES string of the molecule is Cc1cc(-c2c(O[C@H](C)C[C@H](C)Oc3cc(F)c(F)c(F)c3-c3cc(C)cc(-c4c5ccccc5cc5ccccc45)c3O)cc(F)c(F)c2F)c(O)c(-c2c3ccccc3cc3ccccc23)c1.Cc1cc(-c2c(O[C@H](C)C[C@H](C)Oc3cc(F)c(F)c(F)c3-c3cc(C)cc(-c4c5ccccc5cc5ccccc45)c3O)cc(F)c(F)c2F)c(O)c(-c2c3ccccc3cc3ccccc23)c1.I[I-]I.[CH3-].[CH3-].[Zr+2]. The largest absolute Gasteiger partial charge is 2.00 e. The number of aryl methyl sites for hydroxylation is 4. The van der Waals surface area contributed by atoms with Gasteiger partial charge in [0.25, 0.3) is 0 Å². The Labute approximate surface area is 872 Å². The second-order valence-corrected chi connectivity index (χ2v) is 51.5. The Morgan fingerprint density at radius 1 is 0.229 bits per heavy atom. The molecule has 0 bridgehead atoms. The molecule has 0 fully saturated rings. The maximum Gasteiger partial charge on any atom is 2.00 e. The molecule has 4 atom stereocenters. The summed E-state index contributed by atoms with van der Waals surface area (Å²) in [5.41, 5.74) is 3.50. The normalized spacial score (nSPS) is 12.2. The van der Waals surface area contributed by atoms with Gasteiger partial charge in [-0.2, -0.15) is 0 Å². The smallest absolute Gasteiger partial charge is 0.358 e. The van der Waals surface area contributed by atoms with Crippen molar-refractivity contribution in [3.8, 4) is 135 Å². The maximum absolute atomic E-state index is 16.3. The van der Waals surface area contributed by atoms with Gasteiger partial charge >= 0.3 is 76.7 Å². The van der Waals surface area contributed by atoms with Crippen LogP contribution in [-0.2, 0) is 26.2 Å². The summed E-state index contributed by atoms with van der Waals surface area (Å²) >= 11 is 5.30. The van der Waals surface area contributed by atoms with Gasteiger partial charge in [-0.15, -0.1) is 0 Å². The number of halogens is 15. The van der Waals surface area contributed by atoms with Crippen molar-refractivity contribution in [3.63, 3.8) is 0 Å². The van der Waals surface area contributed by atoms with Crippen LogP contribution in [0.5, 0.6) is 46.0 Å².